The van der Waals surface area contributed by atoms with Crippen LogP contribution in [-0.4, -0.2) is 24.0 Å². The van der Waals surface area contributed by atoms with Crippen molar-refractivity contribution in [3.63, 3.8) is 0 Å². The molecule has 1 saturated heterocycles. The Hall–Kier alpha value is -1.08. The maximum absolute atomic E-state index is 10.9. The molecule has 2 rings (SSSR count). The first-order valence-corrected chi connectivity index (χ1v) is 8.30. The van der Waals surface area contributed by atoms with Crippen molar-refractivity contribution < 1.29 is 19.4 Å². The SMILES string of the molecule is O=C(O)C[C@@H](/C=C/I)c1ccc(OC2CCCCO2)cc1. The summed E-state index contributed by atoms with van der Waals surface area (Å²) in [5.41, 5.74) is 0.974. The molecule has 4 nitrogen and oxygen atoms in total. The molecule has 0 bridgehead atoms. The van der Waals surface area contributed by atoms with E-state index in [0.29, 0.717) is 0 Å². The lowest BCUT2D eigenvalue weighted by atomic mass is 9.96. The zero-order valence-corrected chi connectivity index (χ0v) is 13.9. The number of hydrogen-bond acceptors (Lipinski definition) is 3. The molecule has 5 heteroatoms. The van der Waals surface area contributed by atoms with E-state index in [1.54, 1.807) is 0 Å². The van der Waals surface area contributed by atoms with E-state index in [2.05, 4.69) is 22.6 Å². The van der Waals surface area contributed by atoms with Crippen LogP contribution in [0.5, 0.6) is 5.75 Å². The number of aliphatic carboxylic acids is 1. The third-order valence-electron chi connectivity index (χ3n) is 3.41. The summed E-state index contributed by atoms with van der Waals surface area (Å²) in [6, 6.07) is 7.59. The number of rotatable bonds is 6. The summed E-state index contributed by atoms with van der Waals surface area (Å²) in [5, 5.41) is 8.97. The van der Waals surface area contributed by atoms with Gasteiger partial charge in [-0.05, 0) is 34.6 Å². The molecule has 1 N–H and O–H groups in total. The molecule has 0 radical (unpaired) electrons. The van der Waals surface area contributed by atoms with Crippen molar-refractivity contribution in [2.24, 2.45) is 0 Å². The van der Waals surface area contributed by atoms with Crippen LogP contribution in [0.3, 0.4) is 0 Å². The summed E-state index contributed by atoms with van der Waals surface area (Å²) in [5.74, 6) is -0.150. The Morgan fingerprint density at radius 3 is 2.76 bits per heavy atom. The Balaban J connectivity index is 2.00. The van der Waals surface area contributed by atoms with Gasteiger partial charge in [0.1, 0.15) is 5.75 Å². The summed E-state index contributed by atoms with van der Waals surface area (Å²) in [6.45, 7) is 0.754. The monoisotopic (exact) mass is 402 g/mol. The second kappa shape index (κ2) is 8.38. The largest absolute Gasteiger partial charge is 0.481 e. The van der Waals surface area contributed by atoms with E-state index in [9.17, 15) is 4.79 Å². The molecule has 0 aliphatic carbocycles. The summed E-state index contributed by atoms with van der Waals surface area (Å²) in [7, 11) is 0. The number of halogens is 1. The molecule has 1 aliphatic heterocycles. The first-order chi connectivity index (χ1) is 10.2. The van der Waals surface area contributed by atoms with E-state index >= 15 is 0 Å². The van der Waals surface area contributed by atoms with E-state index in [0.717, 1.165) is 37.2 Å². The molecule has 21 heavy (non-hydrogen) atoms. The van der Waals surface area contributed by atoms with Crippen molar-refractivity contribution in [2.45, 2.75) is 37.9 Å². The van der Waals surface area contributed by atoms with Gasteiger partial charge in [-0.2, -0.15) is 0 Å². The zero-order chi connectivity index (χ0) is 15.1. The molecule has 0 saturated carbocycles. The van der Waals surface area contributed by atoms with Crippen molar-refractivity contribution in [3.05, 3.63) is 40.0 Å². The average Bonchev–Trinajstić information content (AvgIpc) is 2.48. The van der Waals surface area contributed by atoms with Gasteiger partial charge < -0.3 is 14.6 Å². The third kappa shape index (κ3) is 5.32. The lowest BCUT2D eigenvalue weighted by Crippen LogP contribution is -2.24. The van der Waals surface area contributed by atoms with Gasteiger partial charge in [0.2, 0.25) is 0 Å². The Morgan fingerprint density at radius 2 is 2.19 bits per heavy atom. The topological polar surface area (TPSA) is 55.8 Å². The molecular weight excluding hydrogens is 383 g/mol. The van der Waals surface area contributed by atoms with Gasteiger partial charge in [0, 0.05) is 12.3 Å². The average molecular weight is 402 g/mol. The van der Waals surface area contributed by atoms with Crippen molar-refractivity contribution in [1.29, 1.82) is 0 Å². The second-order valence-corrected chi connectivity index (χ2v) is 5.72. The molecule has 0 spiro atoms. The molecule has 1 aromatic carbocycles. The van der Waals surface area contributed by atoms with Crippen LogP contribution in [0.25, 0.3) is 0 Å². The van der Waals surface area contributed by atoms with E-state index in [-0.39, 0.29) is 18.6 Å². The highest BCUT2D eigenvalue weighted by Crippen LogP contribution is 2.26. The minimum atomic E-state index is -0.801. The fraction of sp³-hybridized carbons (Fsp3) is 0.438. The second-order valence-electron chi connectivity index (χ2n) is 5.01. The number of ether oxygens (including phenoxy) is 2. The predicted octanol–water partition coefficient (Wildman–Crippen LogP) is 4.10. The number of carbonyl (C=O) groups is 1. The highest BCUT2D eigenvalue weighted by Gasteiger charge is 2.16. The van der Waals surface area contributed by atoms with Gasteiger partial charge in [0.05, 0.1) is 13.0 Å². The van der Waals surface area contributed by atoms with Crippen LogP contribution in [0.1, 0.15) is 37.2 Å². The van der Waals surface area contributed by atoms with Crippen molar-refractivity contribution in [1.82, 2.24) is 0 Å². The molecular formula is C16H19IO4. The molecule has 2 atom stereocenters. The molecule has 114 valence electrons. The maximum Gasteiger partial charge on any atom is 0.304 e. The number of benzene rings is 1. The Morgan fingerprint density at radius 1 is 1.43 bits per heavy atom. The molecule has 1 aliphatic rings. The predicted molar refractivity (Wildman–Crippen MR) is 88.8 cm³/mol. The fourth-order valence-electron chi connectivity index (χ4n) is 2.32. The summed E-state index contributed by atoms with van der Waals surface area (Å²) >= 11 is 2.10. The van der Waals surface area contributed by atoms with E-state index < -0.39 is 5.97 Å². The molecule has 1 heterocycles. The van der Waals surface area contributed by atoms with Gasteiger partial charge in [0.25, 0.3) is 0 Å². The highest BCUT2D eigenvalue weighted by atomic mass is 127. The van der Waals surface area contributed by atoms with Gasteiger partial charge >= 0.3 is 5.97 Å². The minimum absolute atomic E-state index is 0.0887. The highest BCUT2D eigenvalue weighted by molar-refractivity contribution is 14.1. The van der Waals surface area contributed by atoms with Crippen molar-refractivity contribution in [3.8, 4) is 5.75 Å². The van der Waals surface area contributed by atoms with Crippen LogP contribution in [0.4, 0.5) is 0 Å². The van der Waals surface area contributed by atoms with Gasteiger partial charge in [-0.1, -0.05) is 40.8 Å². The van der Waals surface area contributed by atoms with Gasteiger partial charge in [-0.25, -0.2) is 0 Å². The van der Waals surface area contributed by atoms with Crippen LogP contribution in [-0.2, 0) is 9.53 Å². The Bertz CT molecular complexity index is 478. The quantitative estimate of drug-likeness (QED) is 0.729. The normalized spacial score (nSPS) is 20.3. The standard InChI is InChI=1S/C16H19IO4/c17-9-8-13(11-15(18)19)12-4-6-14(7-5-12)21-16-3-1-2-10-20-16/h4-9,13,16H,1-3,10-11H2,(H,18,19)/b9-8+/t13-,16?/m1/s1. The Labute approximate surface area is 138 Å². The van der Waals surface area contributed by atoms with Crippen LogP contribution >= 0.6 is 22.6 Å². The third-order valence-corrected chi connectivity index (χ3v) is 3.83. The Kier molecular flexibility index (Phi) is 6.50. The zero-order valence-electron chi connectivity index (χ0n) is 11.7. The smallest absolute Gasteiger partial charge is 0.304 e. The molecule has 1 fully saturated rings. The minimum Gasteiger partial charge on any atom is -0.481 e. The first-order valence-electron chi connectivity index (χ1n) is 7.06. The van der Waals surface area contributed by atoms with Crippen molar-refractivity contribution in [2.75, 3.05) is 6.61 Å². The van der Waals surface area contributed by atoms with Crippen LogP contribution in [0.15, 0.2) is 34.4 Å². The summed E-state index contributed by atoms with van der Waals surface area (Å²) < 4.78 is 13.2. The van der Waals surface area contributed by atoms with Gasteiger partial charge in [-0.15, -0.1) is 0 Å². The summed E-state index contributed by atoms with van der Waals surface area (Å²) in [4.78, 5) is 10.9. The first kappa shape index (κ1) is 16.3. The van der Waals surface area contributed by atoms with Crippen LogP contribution < -0.4 is 4.74 Å². The van der Waals surface area contributed by atoms with Crippen LogP contribution in [0.2, 0.25) is 0 Å². The van der Waals surface area contributed by atoms with Crippen molar-refractivity contribution >= 4 is 28.6 Å². The maximum atomic E-state index is 10.9. The fourth-order valence-corrected chi connectivity index (χ4v) is 2.82. The molecule has 1 aromatic rings. The number of allylic oxidation sites excluding steroid dienone is 1. The number of carboxylic acid groups (broad SMARTS) is 1. The van der Waals surface area contributed by atoms with E-state index in [1.165, 1.54) is 0 Å². The lowest BCUT2D eigenvalue weighted by Gasteiger charge is -2.23. The molecule has 0 aromatic heterocycles. The van der Waals surface area contributed by atoms with Gasteiger partial charge in [0.15, 0.2) is 6.29 Å². The molecule has 1 unspecified atom stereocenters. The van der Waals surface area contributed by atoms with Crippen LogP contribution in [0, 0.1) is 0 Å². The number of carboxylic acids is 1. The van der Waals surface area contributed by atoms with E-state index in [4.69, 9.17) is 14.6 Å². The lowest BCUT2D eigenvalue weighted by molar-refractivity contribution is -0.137. The van der Waals surface area contributed by atoms with Gasteiger partial charge in [-0.3, -0.25) is 4.79 Å². The van der Waals surface area contributed by atoms with E-state index in [1.807, 2.05) is 34.4 Å². The summed E-state index contributed by atoms with van der Waals surface area (Å²) in [6.07, 6.45) is 4.97. The number of hydrogen-bond donors (Lipinski definition) is 1. The molecule has 0 amide bonds.